The Morgan fingerprint density at radius 2 is 1.94 bits per heavy atom. The molecule has 0 N–H and O–H groups in total. The van der Waals surface area contributed by atoms with E-state index in [4.69, 9.17) is 9.05 Å². The van der Waals surface area contributed by atoms with Crippen molar-refractivity contribution in [1.82, 2.24) is 0 Å². The molecule has 106 valence electrons. The van der Waals surface area contributed by atoms with Gasteiger partial charge in [-0.15, -0.1) is 11.8 Å². The molecular formula is C10H18F2NO3PS. The van der Waals surface area contributed by atoms with Gasteiger partial charge < -0.3 is 9.05 Å². The van der Waals surface area contributed by atoms with Gasteiger partial charge in [-0.25, -0.2) is 0 Å². The molecule has 1 aliphatic heterocycles. The van der Waals surface area contributed by atoms with Gasteiger partial charge in [-0.3, -0.25) is 9.56 Å². The van der Waals surface area contributed by atoms with Crippen molar-refractivity contribution in [3.05, 3.63) is 0 Å². The van der Waals surface area contributed by atoms with Gasteiger partial charge >= 0.3 is 13.3 Å². The summed E-state index contributed by atoms with van der Waals surface area (Å²) in [6, 6.07) is -0.146. The van der Waals surface area contributed by atoms with Gasteiger partial charge in [0.25, 0.3) is 0 Å². The highest BCUT2D eigenvalue weighted by molar-refractivity contribution is 8.15. The summed E-state index contributed by atoms with van der Waals surface area (Å²) in [5.41, 5.74) is -3.66. The van der Waals surface area contributed by atoms with Crippen LogP contribution in [0.2, 0.25) is 0 Å². The number of rotatable bonds is 7. The average Bonchev–Trinajstić information content (AvgIpc) is 2.78. The Bertz CT molecular complexity index is 355. The van der Waals surface area contributed by atoms with Gasteiger partial charge in [0, 0.05) is 5.75 Å². The fraction of sp³-hybridized carbons (Fsp3) is 0.900. The summed E-state index contributed by atoms with van der Waals surface area (Å²) in [4.78, 5) is 3.91. The quantitative estimate of drug-likeness (QED) is 0.672. The van der Waals surface area contributed by atoms with Gasteiger partial charge in [-0.1, -0.05) is 6.92 Å². The first-order chi connectivity index (χ1) is 8.41. The number of halogens is 2. The Morgan fingerprint density at radius 3 is 2.33 bits per heavy atom. The minimum atomic E-state index is -4.49. The molecule has 18 heavy (non-hydrogen) atoms. The maximum absolute atomic E-state index is 14.2. The summed E-state index contributed by atoms with van der Waals surface area (Å²) < 4.78 is 49.9. The molecule has 0 aliphatic carbocycles. The smallest absolute Gasteiger partial charge is 0.304 e. The predicted molar refractivity (Wildman–Crippen MR) is 69.8 cm³/mol. The number of nitrogens with zero attached hydrogens (tertiary/aromatic N) is 1. The van der Waals surface area contributed by atoms with E-state index in [9.17, 15) is 13.3 Å². The monoisotopic (exact) mass is 301 g/mol. The number of hydrogen-bond donors (Lipinski definition) is 0. The molecule has 0 bridgehead atoms. The lowest BCUT2D eigenvalue weighted by molar-refractivity contribution is 0.0969. The SMILES string of the molecule is CCOP(=O)(OCC)C(F)(F)C1=N[C@H](CC)CS1. The molecule has 0 aromatic rings. The standard InChI is InChI=1S/C10H18F2NO3PS/c1-4-8-7-18-9(13-8)10(11,12)17(14,15-5-2)16-6-3/h8H,4-7H2,1-3H3/t8-/m1/s1. The average molecular weight is 301 g/mol. The van der Waals surface area contributed by atoms with Crippen LogP contribution in [0.25, 0.3) is 0 Å². The highest BCUT2D eigenvalue weighted by Crippen LogP contribution is 2.64. The first-order valence-electron chi connectivity index (χ1n) is 5.89. The van der Waals surface area contributed by atoms with Crippen molar-refractivity contribution in [1.29, 1.82) is 0 Å². The molecule has 0 saturated carbocycles. The van der Waals surface area contributed by atoms with E-state index in [2.05, 4.69) is 4.99 Å². The number of hydrogen-bond acceptors (Lipinski definition) is 5. The third kappa shape index (κ3) is 3.13. The van der Waals surface area contributed by atoms with Gasteiger partial charge in [0.15, 0.2) is 5.04 Å². The van der Waals surface area contributed by atoms with E-state index in [1.54, 1.807) is 0 Å². The molecule has 4 nitrogen and oxygen atoms in total. The van der Waals surface area contributed by atoms with Crippen LogP contribution < -0.4 is 0 Å². The molecule has 0 saturated heterocycles. The minimum absolute atomic E-state index is 0.0952. The second-order valence-electron chi connectivity index (χ2n) is 3.68. The number of thioether (sulfide) groups is 1. The lowest BCUT2D eigenvalue weighted by Gasteiger charge is -2.25. The summed E-state index contributed by atoms with van der Waals surface area (Å²) in [6.45, 7) is 4.69. The highest BCUT2D eigenvalue weighted by atomic mass is 32.2. The zero-order chi connectivity index (χ0) is 13.8. The molecule has 8 heteroatoms. The van der Waals surface area contributed by atoms with Crippen molar-refractivity contribution in [3.63, 3.8) is 0 Å². The first kappa shape index (κ1) is 16.1. The van der Waals surface area contributed by atoms with E-state index < -0.39 is 18.3 Å². The summed E-state index contributed by atoms with van der Waals surface area (Å²) in [5.74, 6) is 0.486. The van der Waals surface area contributed by atoms with E-state index in [-0.39, 0.29) is 19.3 Å². The Morgan fingerprint density at radius 1 is 1.39 bits per heavy atom. The lowest BCUT2D eigenvalue weighted by atomic mass is 10.3. The summed E-state index contributed by atoms with van der Waals surface area (Å²) in [6.07, 6.45) is 0.681. The Balaban J connectivity index is 2.99. The zero-order valence-corrected chi connectivity index (χ0v) is 12.4. The lowest BCUT2D eigenvalue weighted by Crippen LogP contribution is -2.28. The van der Waals surface area contributed by atoms with Gasteiger partial charge in [-0.2, -0.15) is 8.78 Å². The van der Waals surface area contributed by atoms with Crippen LogP contribution in [0, 0.1) is 0 Å². The summed E-state index contributed by atoms with van der Waals surface area (Å²) >= 11 is 0.928. The molecule has 0 aromatic heterocycles. The van der Waals surface area contributed by atoms with Gasteiger partial charge in [-0.05, 0) is 20.3 Å². The second kappa shape index (κ2) is 6.46. The van der Waals surface area contributed by atoms with Crippen LogP contribution in [-0.4, -0.2) is 35.7 Å². The Kier molecular flexibility index (Phi) is 5.77. The summed E-state index contributed by atoms with van der Waals surface area (Å²) in [5, 5.41) is -0.431. The molecular weight excluding hydrogens is 283 g/mol. The normalized spacial score (nSPS) is 21.2. The van der Waals surface area contributed by atoms with Crippen LogP contribution in [0.3, 0.4) is 0 Å². The fourth-order valence-electron chi connectivity index (χ4n) is 1.45. The van der Waals surface area contributed by atoms with Gasteiger partial charge in [0.1, 0.15) is 0 Å². The molecule has 1 rings (SSSR count). The van der Waals surface area contributed by atoms with Crippen molar-refractivity contribution in [2.75, 3.05) is 19.0 Å². The first-order valence-corrected chi connectivity index (χ1v) is 8.42. The number of alkyl halides is 2. The maximum atomic E-state index is 14.2. The number of aliphatic imine (C=N–C) groups is 1. The molecule has 0 spiro atoms. The van der Waals surface area contributed by atoms with Crippen molar-refractivity contribution < 1.29 is 22.4 Å². The molecule has 0 radical (unpaired) electrons. The van der Waals surface area contributed by atoms with Gasteiger partial charge in [0.05, 0.1) is 19.3 Å². The molecule has 1 aliphatic rings. The van der Waals surface area contributed by atoms with Crippen LogP contribution in [0.5, 0.6) is 0 Å². The van der Waals surface area contributed by atoms with E-state index in [1.165, 1.54) is 13.8 Å². The maximum Gasteiger partial charge on any atom is 0.406 e. The molecule has 0 unspecified atom stereocenters. The third-order valence-corrected chi connectivity index (χ3v) is 5.82. The van der Waals surface area contributed by atoms with Crippen LogP contribution >= 0.6 is 19.4 Å². The largest absolute Gasteiger partial charge is 0.406 e. The van der Waals surface area contributed by atoms with Crippen molar-refractivity contribution >= 4 is 24.4 Å². The van der Waals surface area contributed by atoms with Gasteiger partial charge in [0.2, 0.25) is 0 Å². The fourth-order valence-corrected chi connectivity index (χ4v) is 4.40. The van der Waals surface area contributed by atoms with E-state index in [0.29, 0.717) is 12.2 Å². The van der Waals surface area contributed by atoms with Crippen molar-refractivity contribution in [2.45, 2.75) is 38.9 Å². The molecule has 0 aromatic carbocycles. The molecule has 0 amide bonds. The van der Waals surface area contributed by atoms with E-state index in [0.717, 1.165) is 11.8 Å². The predicted octanol–water partition coefficient (Wildman–Crippen LogP) is 3.77. The van der Waals surface area contributed by atoms with Crippen LogP contribution in [0.4, 0.5) is 8.78 Å². The zero-order valence-electron chi connectivity index (χ0n) is 10.7. The molecule has 0 fully saturated rings. The van der Waals surface area contributed by atoms with E-state index >= 15 is 0 Å². The topological polar surface area (TPSA) is 47.9 Å². The second-order valence-corrected chi connectivity index (χ2v) is 6.76. The third-order valence-electron chi connectivity index (χ3n) is 2.38. The Hall–Kier alpha value is 0.0300. The summed E-state index contributed by atoms with van der Waals surface area (Å²) in [7, 11) is -4.49. The Labute approximate surface area is 110 Å². The molecule has 1 atom stereocenters. The van der Waals surface area contributed by atoms with Crippen LogP contribution in [-0.2, 0) is 13.6 Å². The van der Waals surface area contributed by atoms with Crippen molar-refractivity contribution in [3.8, 4) is 0 Å². The molecule has 1 heterocycles. The minimum Gasteiger partial charge on any atom is -0.304 e. The highest BCUT2D eigenvalue weighted by Gasteiger charge is 2.58. The van der Waals surface area contributed by atoms with Crippen molar-refractivity contribution in [2.24, 2.45) is 4.99 Å². The van der Waals surface area contributed by atoms with E-state index in [1.807, 2.05) is 6.92 Å². The van der Waals surface area contributed by atoms with Crippen LogP contribution in [0.1, 0.15) is 27.2 Å². The van der Waals surface area contributed by atoms with Crippen LogP contribution in [0.15, 0.2) is 4.99 Å².